The van der Waals surface area contributed by atoms with E-state index in [1.807, 2.05) is 0 Å². The first-order valence-corrected chi connectivity index (χ1v) is 5.92. The van der Waals surface area contributed by atoms with E-state index in [0.717, 1.165) is 0 Å². The third kappa shape index (κ3) is 4.00. The van der Waals surface area contributed by atoms with Crippen molar-refractivity contribution in [1.29, 1.82) is 0 Å². The first-order chi connectivity index (χ1) is 10.1. The first kappa shape index (κ1) is 14.4. The highest BCUT2D eigenvalue weighted by Gasteiger charge is 2.12. The lowest BCUT2D eigenvalue weighted by atomic mass is 10.2. The van der Waals surface area contributed by atoms with Gasteiger partial charge in [-0.15, -0.1) is 0 Å². The van der Waals surface area contributed by atoms with Crippen molar-refractivity contribution in [3.8, 4) is 5.75 Å². The smallest absolute Gasteiger partial charge is 0.337 e. The maximum absolute atomic E-state index is 12.7. The highest BCUT2D eigenvalue weighted by Crippen LogP contribution is 2.14. The van der Waals surface area contributed by atoms with Gasteiger partial charge in [-0.3, -0.25) is 9.78 Å². The second kappa shape index (κ2) is 6.47. The fourth-order valence-electron chi connectivity index (χ4n) is 1.55. The largest absolute Gasteiger partial charge is 0.484 e. The third-order valence-corrected chi connectivity index (χ3v) is 2.51. The molecule has 0 saturated heterocycles. The summed E-state index contributed by atoms with van der Waals surface area (Å²) in [6.45, 7) is -0.334. The number of nitrogens with one attached hydrogen (secondary N) is 1. The van der Waals surface area contributed by atoms with E-state index in [1.165, 1.54) is 42.7 Å². The fourth-order valence-corrected chi connectivity index (χ4v) is 1.55. The number of benzene rings is 1. The molecule has 0 bridgehead atoms. The number of ether oxygens (including phenoxy) is 1. The molecular formula is C14H11FN2O4. The number of carbonyl (C=O) groups is 2. The molecule has 108 valence electrons. The molecule has 0 saturated carbocycles. The number of halogens is 1. The number of amides is 1. The van der Waals surface area contributed by atoms with Crippen LogP contribution in [-0.4, -0.2) is 28.6 Å². The van der Waals surface area contributed by atoms with Crippen molar-refractivity contribution in [2.45, 2.75) is 0 Å². The molecule has 1 aromatic heterocycles. The highest BCUT2D eigenvalue weighted by atomic mass is 19.1. The van der Waals surface area contributed by atoms with Crippen LogP contribution in [0.25, 0.3) is 0 Å². The number of hydrogen-bond donors (Lipinski definition) is 2. The quantitative estimate of drug-likeness (QED) is 0.878. The van der Waals surface area contributed by atoms with E-state index in [9.17, 15) is 14.0 Å². The number of carboxylic acid groups (broad SMARTS) is 1. The van der Waals surface area contributed by atoms with Crippen LogP contribution in [0.4, 0.5) is 10.1 Å². The summed E-state index contributed by atoms with van der Waals surface area (Å²) in [5, 5.41) is 11.4. The molecule has 2 N–H and O–H groups in total. The van der Waals surface area contributed by atoms with Gasteiger partial charge in [0.25, 0.3) is 5.91 Å². The Kier molecular flexibility index (Phi) is 4.45. The minimum absolute atomic E-state index is 0.0693. The normalized spacial score (nSPS) is 9.95. The number of rotatable bonds is 5. The maximum atomic E-state index is 12.7. The van der Waals surface area contributed by atoms with Gasteiger partial charge in [-0.2, -0.15) is 0 Å². The number of aromatic carboxylic acids is 1. The molecule has 0 unspecified atom stereocenters. The summed E-state index contributed by atoms with van der Waals surface area (Å²) in [6, 6.07) is 6.46. The van der Waals surface area contributed by atoms with Crippen molar-refractivity contribution >= 4 is 17.6 Å². The van der Waals surface area contributed by atoms with Crippen LogP contribution < -0.4 is 10.1 Å². The Bertz CT molecular complexity index is 658. The first-order valence-electron chi connectivity index (χ1n) is 5.92. The van der Waals surface area contributed by atoms with E-state index >= 15 is 0 Å². The monoisotopic (exact) mass is 290 g/mol. The second-order valence-electron chi connectivity index (χ2n) is 4.02. The summed E-state index contributed by atoms with van der Waals surface area (Å²) in [5.74, 6) is -1.80. The van der Waals surface area contributed by atoms with Crippen LogP contribution >= 0.6 is 0 Å². The van der Waals surface area contributed by atoms with Gasteiger partial charge in [0.05, 0.1) is 17.4 Å². The summed E-state index contributed by atoms with van der Waals surface area (Å²) in [4.78, 5) is 26.4. The molecule has 0 atom stereocenters. The van der Waals surface area contributed by atoms with Gasteiger partial charge in [-0.05, 0) is 30.3 Å². The Morgan fingerprint density at radius 2 is 1.95 bits per heavy atom. The van der Waals surface area contributed by atoms with Crippen molar-refractivity contribution in [3.63, 3.8) is 0 Å². The molecule has 2 rings (SSSR count). The SMILES string of the molecule is O=C(COc1ccc(F)cc1)Nc1cnccc1C(=O)O. The fraction of sp³-hybridized carbons (Fsp3) is 0.0714. The molecule has 0 fully saturated rings. The standard InChI is InChI=1S/C14H11FN2O4/c15-9-1-3-10(4-2-9)21-8-13(18)17-12-7-16-6-5-11(12)14(19)20/h1-7H,8H2,(H,17,18)(H,19,20). The zero-order valence-corrected chi connectivity index (χ0v) is 10.7. The Balaban J connectivity index is 1.96. The van der Waals surface area contributed by atoms with E-state index in [1.54, 1.807) is 0 Å². The van der Waals surface area contributed by atoms with Gasteiger partial charge in [-0.25, -0.2) is 9.18 Å². The van der Waals surface area contributed by atoms with E-state index in [-0.39, 0.29) is 17.9 Å². The molecule has 0 radical (unpaired) electrons. The number of anilines is 1. The molecule has 0 aliphatic carbocycles. The van der Waals surface area contributed by atoms with E-state index in [0.29, 0.717) is 5.75 Å². The lowest BCUT2D eigenvalue weighted by Gasteiger charge is -2.09. The zero-order valence-electron chi connectivity index (χ0n) is 10.7. The second-order valence-corrected chi connectivity index (χ2v) is 4.02. The maximum Gasteiger partial charge on any atom is 0.337 e. The number of carbonyl (C=O) groups excluding carboxylic acids is 1. The Labute approximate surface area is 119 Å². The molecule has 1 heterocycles. The Hall–Kier alpha value is -2.96. The highest BCUT2D eigenvalue weighted by molar-refractivity contribution is 6.00. The van der Waals surface area contributed by atoms with Crippen LogP contribution in [0.5, 0.6) is 5.75 Å². The molecule has 6 nitrogen and oxygen atoms in total. The van der Waals surface area contributed by atoms with Gasteiger partial charge in [0.2, 0.25) is 0 Å². The Morgan fingerprint density at radius 1 is 1.24 bits per heavy atom. The summed E-state index contributed by atoms with van der Waals surface area (Å²) in [5.41, 5.74) is 0.0119. The summed E-state index contributed by atoms with van der Waals surface area (Å²) in [6.07, 6.45) is 2.55. The zero-order chi connectivity index (χ0) is 15.2. The molecule has 2 aromatic rings. The number of nitrogens with zero attached hydrogens (tertiary/aromatic N) is 1. The predicted octanol–water partition coefficient (Wildman–Crippen LogP) is 1.94. The lowest BCUT2D eigenvalue weighted by molar-refractivity contribution is -0.118. The van der Waals surface area contributed by atoms with Gasteiger partial charge in [0, 0.05) is 6.20 Å². The van der Waals surface area contributed by atoms with Crippen molar-refractivity contribution in [3.05, 3.63) is 54.1 Å². The molecule has 0 aliphatic heterocycles. The van der Waals surface area contributed by atoms with Crippen LogP contribution in [0.3, 0.4) is 0 Å². The van der Waals surface area contributed by atoms with Gasteiger partial charge < -0.3 is 15.2 Å². The summed E-state index contributed by atoms with van der Waals surface area (Å²) >= 11 is 0. The van der Waals surface area contributed by atoms with Gasteiger partial charge >= 0.3 is 5.97 Å². The van der Waals surface area contributed by atoms with Crippen LogP contribution in [0.2, 0.25) is 0 Å². The molecule has 0 spiro atoms. The molecule has 21 heavy (non-hydrogen) atoms. The molecule has 1 amide bonds. The molecule has 1 aromatic carbocycles. The van der Waals surface area contributed by atoms with E-state index in [4.69, 9.17) is 9.84 Å². The summed E-state index contributed by atoms with van der Waals surface area (Å²) < 4.78 is 17.8. The van der Waals surface area contributed by atoms with E-state index in [2.05, 4.69) is 10.3 Å². The average Bonchev–Trinajstić information content (AvgIpc) is 2.47. The third-order valence-electron chi connectivity index (χ3n) is 2.51. The van der Waals surface area contributed by atoms with Gasteiger partial charge in [0.15, 0.2) is 6.61 Å². The lowest BCUT2D eigenvalue weighted by Crippen LogP contribution is -2.21. The number of aromatic nitrogens is 1. The van der Waals surface area contributed by atoms with Crippen molar-refractivity contribution in [1.82, 2.24) is 4.98 Å². The minimum atomic E-state index is -1.17. The number of carboxylic acids is 1. The van der Waals surface area contributed by atoms with Gasteiger partial charge in [-0.1, -0.05) is 0 Å². The van der Waals surface area contributed by atoms with E-state index < -0.39 is 17.7 Å². The summed E-state index contributed by atoms with van der Waals surface area (Å²) in [7, 11) is 0. The molecular weight excluding hydrogens is 279 g/mol. The van der Waals surface area contributed by atoms with Gasteiger partial charge in [0.1, 0.15) is 11.6 Å². The van der Waals surface area contributed by atoms with Crippen molar-refractivity contribution in [2.75, 3.05) is 11.9 Å². The minimum Gasteiger partial charge on any atom is -0.484 e. The van der Waals surface area contributed by atoms with Crippen molar-refractivity contribution < 1.29 is 23.8 Å². The van der Waals surface area contributed by atoms with Crippen LogP contribution in [-0.2, 0) is 4.79 Å². The predicted molar refractivity (Wildman–Crippen MR) is 71.7 cm³/mol. The van der Waals surface area contributed by atoms with Crippen molar-refractivity contribution in [2.24, 2.45) is 0 Å². The van der Waals surface area contributed by atoms with Crippen LogP contribution in [0, 0.1) is 5.82 Å². The van der Waals surface area contributed by atoms with Crippen LogP contribution in [0.1, 0.15) is 10.4 Å². The average molecular weight is 290 g/mol. The van der Waals surface area contributed by atoms with Crippen LogP contribution in [0.15, 0.2) is 42.7 Å². The molecule has 7 heteroatoms. The Morgan fingerprint density at radius 3 is 2.62 bits per heavy atom. The number of pyridine rings is 1. The molecule has 0 aliphatic rings. The topological polar surface area (TPSA) is 88.5 Å². The number of hydrogen-bond acceptors (Lipinski definition) is 4.